The first-order chi connectivity index (χ1) is 28.7. The van der Waals surface area contributed by atoms with E-state index >= 15 is 4.79 Å². The van der Waals surface area contributed by atoms with Crippen molar-refractivity contribution < 1.29 is 37.5 Å². The number of carbonyl (C=O) groups is 4. The number of aromatic nitrogens is 1. The number of rotatable bonds is 7. The number of hydrogen-bond acceptors (Lipinski definition) is 8. The summed E-state index contributed by atoms with van der Waals surface area (Å²) >= 11 is 12.6. The van der Waals surface area contributed by atoms with Gasteiger partial charge in [-0.3, -0.25) is 29.5 Å². The summed E-state index contributed by atoms with van der Waals surface area (Å²) in [5.41, 5.74) is 3.45. The van der Waals surface area contributed by atoms with E-state index in [1.807, 2.05) is 36.4 Å². The molecule has 1 saturated carbocycles. The van der Waals surface area contributed by atoms with E-state index in [0.29, 0.717) is 45.2 Å². The van der Waals surface area contributed by atoms with Crippen LogP contribution in [-0.4, -0.2) is 38.7 Å². The highest BCUT2D eigenvalue weighted by Crippen LogP contribution is 2.65. The summed E-state index contributed by atoms with van der Waals surface area (Å²) in [6.45, 7) is 1.70. The molecule has 3 heterocycles. The highest BCUT2D eigenvalue weighted by Gasteiger charge is 2.70. The number of carbonyl (C=O) groups excluding carboxylic acids is 4. The van der Waals surface area contributed by atoms with Gasteiger partial charge in [0, 0.05) is 34.1 Å². The Labute approximate surface area is 351 Å². The minimum atomic E-state index is -4.76. The molecule has 0 radical (unpaired) electrons. The molecule has 2 saturated heterocycles. The van der Waals surface area contributed by atoms with Crippen molar-refractivity contribution in [1.29, 1.82) is 0 Å². The highest BCUT2D eigenvalue weighted by atomic mass is 35.5. The van der Waals surface area contributed by atoms with Gasteiger partial charge in [0.2, 0.25) is 11.8 Å². The summed E-state index contributed by atoms with van der Waals surface area (Å²) in [4.78, 5) is 64.4. The molecule has 4 aromatic carbocycles. The number of nitrogens with zero attached hydrogens (tertiary/aromatic N) is 3. The van der Waals surface area contributed by atoms with Crippen LogP contribution < -0.4 is 15.6 Å². The molecule has 3 N–H and O–H groups in total. The Morgan fingerprint density at radius 3 is 2.22 bits per heavy atom. The molecule has 2 aliphatic carbocycles. The van der Waals surface area contributed by atoms with E-state index in [2.05, 4.69) is 15.7 Å². The summed E-state index contributed by atoms with van der Waals surface area (Å²) in [5.74, 6) is -7.64. The number of allylic oxidation sites excluding steroid dienone is 2. The van der Waals surface area contributed by atoms with Crippen LogP contribution in [0.2, 0.25) is 10.0 Å². The summed E-state index contributed by atoms with van der Waals surface area (Å²) in [6.07, 6.45) is -2.29. The van der Waals surface area contributed by atoms with E-state index in [4.69, 9.17) is 23.2 Å². The molecule has 15 heteroatoms. The SMILES string of the molecule is Cc1cccc([C@H]2C3=CC[C@@H]4C(=O)N(c5ccc(Nc6ccccc6)cc5)C(=O)[C@@H]4[C@@H]3C[C@H]3C(=O)N(Nc4ncc(C(F)(F)F)cc4Cl)C(=O)[C@@]23c2ccc(Cl)cc2)c1O. The topological polar surface area (TPSA) is 132 Å². The minimum absolute atomic E-state index is 0.0670. The van der Waals surface area contributed by atoms with Crippen LogP contribution in [0.1, 0.15) is 41.0 Å². The van der Waals surface area contributed by atoms with Gasteiger partial charge >= 0.3 is 6.18 Å². The quantitative estimate of drug-likeness (QED) is 0.109. The Kier molecular flexibility index (Phi) is 9.51. The largest absolute Gasteiger partial charge is 0.507 e. The van der Waals surface area contributed by atoms with E-state index in [0.717, 1.165) is 16.4 Å². The maximum atomic E-state index is 15.4. The number of alkyl halides is 3. The molecule has 0 unspecified atom stereocenters. The lowest BCUT2D eigenvalue weighted by Gasteiger charge is -2.50. The molecule has 2 aliphatic heterocycles. The number of phenolic OH excluding ortho intramolecular Hbond substituents is 1. The second kappa shape index (κ2) is 14.5. The first-order valence-corrected chi connectivity index (χ1v) is 19.9. The number of aryl methyl sites for hydroxylation is 1. The van der Waals surface area contributed by atoms with Crippen LogP contribution in [0.15, 0.2) is 121 Å². The molecular weight excluding hydrogens is 818 g/mol. The average molecular weight is 853 g/mol. The van der Waals surface area contributed by atoms with Crippen molar-refractivity contribution in [2.45, 2.75) is 37.3 Å². The van der Waals surface area contributed by atoms with Crippen LogP contribution in [0.3, 0.4) is 0 Å². The second-order valence-electron chi connectivity index (χ2n) is 15.5. The van der Waals surface area contributed by atoms with E-state index in [1.54, 1.807) is 73.7 Å². The number of fused-ring (bicyclic) bond motifs is 4. The second-order valence-corrected chi connectivity index (χ2v) is 16.3. The third-order valence-electron chi connectivity index (χ3n) is 12.3. The number of pyridine rings is 1. The summed E-state index contributed by atoms with van der Waals surface area (Å²) in [7, 11) is 0. The van der Waals surface area contributed by atoms with Gasteiger partial charge < -0.3 is 10.4 Å². The summed E-state index contributed by atoms with van der Waals surface area (Å²) < 4.78 is 40.6. The van der Waals surface area contributed by atoms with Crippen LogP contribution in [0, 0.1) is 30.6 Å². The monoisotopic (exact) mass is 851 g/mol. The number of phenols is 1. The molecule has 4 aliphatic rings. The molecule has 1 aromatic heterocycles. The zero-order valence-electron chi connectivity index (χ0n) is 31.6. The van der Waals surface area contributed by atoms with Gasteiger partial charge in [-0.15, -0.1) is 0 Å². The van der Waals surface area contributed by atoms with Crippen LogP contribution >= 0.6 is 23.2 Å². The zero-order valence-corrected chi connectivity index (χ0v) is 33.1. The number of amides is 4. The minimum Gasteiger partial charge on any atom is -0.507 e. The van der Waals surface area contributed by atoms with E-state index < -0.39 is 75.4 Å². The molecule has 5 aromatic rings. The van der Waals surface area contributed by atoms with Crippen LogP contribution in [0.5, 0.6) is 5.75 Å². The standard InChI is InChI=1S/C45H34Cl2F3N5O5/c1-23-6-5-9-32(38(23)56)37-30-18-19-31-36(42(59)54(40(31)57)29-16-14-28(15-17-29)52-27-7-3-2-4-8-27)33(30)21-34-41(58)55(43(60)44(34,37)24-10-12-26(46)13-11-24)53-39-35(47)20-25(22-51-39)45(48,49)50/h2-18,20,22,31,33-34,36-37,52,56H,19,21H2,1H3,(H,51,53)/t31-,33+,34-,36-,37+,44+/m0/s1. The van der Waals surface area contributed by atoms with Gasteiger partial charge in [0.1, 0.15) is 5.75 Å². The Bertz CT molecular complexity index is 2630. The van der Waals surface area contributed by atoms with Crippen molar-refractivity contribution in [2.75, 3.05) is 15.6 Å². The molecule has 60 heavy (non-hydrogen) atoms. The molecule has 0 spiro atoms. The summed E-state index contributed by atoms with van der Waals surface area (Å²) in [5, 5.41) is 15.7. The highest BCUT2D eigenvalue weighted by molar-refractivity contribution is 6.33. The Hall–Kier alpha value is -6.18. The van der Waals surface area contributed by atoms with E-state index in [-0.39, 0.29) is 24.4 Å². The lowest BCUT2D eigenvalue weighted by atomic mass is 9.49. The van der Waals surface area contributed by atoms with E-state index in [1.165, 1.54) is 4.90 Å². The van der Waals surface area contributed by atoms with Gasteiger partial charge in [0.25, 0.3) is 11.8 Å². The third kappa shape index (κ3) is 6.12. The maximum absolute atomic E-state index is 15.4. The van der Waals surface area contributed by atoms with Gasteiger partial charge in [-0.2, -0.15) is 18.2 Å². The number of nitrogens with one attached hydrogen (secondary N) is 2. The Balaban J connectivity index is 1.16. The number of imide groups is 2. The van der Waals surface area contributed by atoms with Crippen LogP contribution in [-0.2, 0) is 30.8 Å². The third-order valence-corrected chi connectivity index (χ3v) is 12.9. The number of para-hydroxylation sites is 2. The number of halogens is 5. The number of hydrazine groups is 1. The lowest BCUT2D eigenvalue weighted by molar-refractivity contribution is -0.139. The molecule has 4 amide bonds. The van der Waals surface area contributed by atoms with Crippen molar-refractivity contribution in [2.24, 2.45) is 23.7 Å². The smallest absolute Gasteiger partial charge is 0.417 e. The van der Waals surface area contributed by atoms with Crippen LogP contribution in [0.25, 0.3) is 0 Å². The van der Waals surface area contributed by atoms with Gasteiger partial charge in [-0.05, 0) is 91.4 Å². The van der Waals surface area contributed by atoms with Gasteiger partial charge in [0.15, 0.2) is 5.82 Å². The zero-order chi connectivity index (χ0) is 42.2. The van der Waals surface area contributed by atoms with Gasteiger partial charge in [0.05, 0.1) is 39.4 Å². The maximum Gasteiger partial charge on any atom is 0.417 e. The van der Waals surface area contributed by atoms with Crippen molar-refractivity contribution in [3.63, 3.8) is 0 Å². The van der Waals surface area contributed by atoms with Gasteiger partial charge in [-0.25, -0.2) is 4.98 Å². The number of aromatic hydroxyl groups is 1. The molecule has 0 bridgehead atoms. The summed E-state index contributed by atoms with van der Waals surface area (Å²) in [6, 6.07) is 28.6. The van der Waals surface area contributed by atoms with Crippen LogP contribution in [0.4, 0.5) is 36.1 Å². The average Bonchev–Trinajstić information content (AvgIpc) is 3.61. The Morgan fingerprint density at radius 1 is 0.833 bits per heavy atom. The van der Waals surface area contributed by atoms with Crippen molar-refractivity contribution in [3.05, 3.63) is 153 Å². The van der Waals surface area contributed by atoms with Crippen molar-refractivity contribution >= 4 is 69.7 Å². The molecular formula is C45H34Cl2F3N5O5. The molecule has 6 atom stereocenters. The fourth-order valence-corrected chi connectivity index (χ4v) is 10.0. The first-order valence-electron chi connectivity index (χ1n) is 19.1. The predicted molar refractivity (Wildman–Crippen MR) is 218 cm³/mol. The normalized spacial score (nSPS) is 24.8. The number of benzene rings is 4. The molecule has 10 nitrogen and oxygen atoms in total. The Morgan fingerprint density at radius 2 is 1.53 bits per heavy atom. The van der Waals surface area contributed by atoms with Crippen molar-refractivity contribution in [3.8, 4) is 5.75 Å². The predicted octanol–water partition coefficient (Wildman–Crippen LogP) is 9.35. The molecule has 3 fully saturated rings. The fraction of sp³-hybridized carbons (Fsp3) is 0.222. The van der Waals surface area contributed by atoms with Gasteiger partial charge in [-0.1, -0.05) is 83.4 Å². The van der Waals surface area contributed by atoms with Crippen molar-refractivity contribution in [1.82, 2.24) is 9.99 Å². The first kappa shape index (κ1) is 39.3. The molecule has 304 valence electrons. The fourth-order valence-electron chi connectivity index (χ4n) is 9.68. The number of anilines is 4. The number of hydrogen-bond donors (Lipinski definition) is 3. The lowest BCUT2D eigenvalue weighted by Crippen LogP contribution is -2.53. The van der Waals surface area contributed by atoms with E-state index in [9.17, 15) is 32.7 Å². The molecule has 9 rings (SSSR count).